The molecule has 1 aromatic heterocycles. The predicted octanol–water partition coefficient (Wildman–Crippen LogP) is 0.644. The first-order valence-corrected chi connectivity index (χ1v) is 6.38. The van der Waals surface area contributed by atoms with E-state index in [1.54, 1.807) is 0 Å². The molecule has 3 rings (SSSR count). The molecule has 17 heavy (non-hydrogen) atoms. The molecule has 2 aliphatic heterocycles. The Morgan fingerprint density at radius 1 is 1.47 bits per heavy atom. The molecule has 0 aliphatic carbocycles. The Morgan fingerprint density at radius 3 is 3.29 bits per heavy atom. The fourth-order valence-corrected chi connectivity index (χ4v) is 2.72. The second-order valence-corrected chi connectivity index (χ2v) is 4.84. The molecule has 1 aromatic rings. The molecule has 0 bridgehead atoms. The standard InChI is InChI=1S/C13H19N3O/c1-2-4-15-11(3-1)10-17-13-7-12-8-14-5-6-16(12)9-13/h1-4,12-14H,5-10H2/t12-,13-/m1/s1. The summed E-state index contributed by atoms with van der Waals surface area (Å²) in [6, 6.07) is 6.64. The fraction of sp³-hybridized carbons (Fsp3) is 0.615. The summed E-state index contributed by atoms with van der Waals surface area (Å²) in [5.74, 6) is 0. The van der Waals surface area contributed by atoms with Crippen molar-refractivity contribution < 1.29 is 4.74 Å². The summed E-state index contributed by atoms with van der Waals surface area (Å²) in [6.45, 7) is 5.11. The zero-order valence-electron chi connectivity index (χ0n) is 10.0. The number of pyridine rings is 1. The van der Waals surface area contributed by atoms with E-state index in [2.05, 4.69) is 15.2 Å². The lowest BCUT2D eigenvalue weighted by atomic mass is 10.2. The van der Waals surface area contributed by atoms with Crippen molar-refractivity contribution in [3.63, 3.8) is 0 Å². The number of fused-ring (bicyclic) bond motifs is 1. The van der Waals surface area contributed by atoms with Gasteiger partial charge in [-0.2, -0.15) is 0 Å². The molecular formula is C13H19N3O. The molecule has 0 unspecified atom stereocenters. The maximum absolute atomic E-state index is 5.95. The molecule has 0 amide bonds. The van der Waals surface area contributed by atoms with Crippen molar-refractivity contribution in [1.82, 2.24) is 15.2 Å². The molecule has 1 N–H and O–H groups in total. The zero-order chi connectivity index (χ0) is 11.5. The first-order valence-electron chi connectivity index (χ1n) is 6.38. The van der Waals surface area contributed by atoms with Gasteiger partial charge in [-0.05, 0) is 18.6 Å². The third-order valence-electron chi connectivity index (χ3n) is 3.64. The summed E-state index contributed by atoms with van der Waals surface area (Å²) in [4.78, 5) is 6.82. The van der Waals surface area contributed by atoms with Crippen molar-refractivity contribution in [3.8, 4) is 0 Å². The van der Waals surface area contributed by atoms with E-state index in [-0.39, 0.29) is 0 Å². The second kappa shape index (κ2) is 5.12. The maximum atomic E-state index is 5.95. The Hall–Kier alpha value is -0.970. The summed E-state index contributed by atoms with van der Waals surface area (Å²) >= 11 is 0. The van der Waals surface area contributed by atoms with Gasteiger partial charge in [0.25, 0.3) is 0 Å². The lowest BCUT2D eigenvalue weighted by molar-refractivity contribution is 0.0450. The Bertz CT molecular complexity index is 343. The van der Waals surface area contributed by atoms with E-state index in [4.69, 9.17) is 4.74 Å². The van der Waals surface area contributed by atoms with Gasteiger partial charge in [-0.3, -0.25) is 9.88 Å². The Labute approximate surface area is 102 Å². The highest BCUT2D eigenvalue weighted by Gasteiger charge is 2.33. The van der Waals surface area contributed by atoms with Crippen LogP contribution in [0.1, 0.15) is 12.1 Å². The minimum Gasteiger partial charge on any atom is -0.371 e. The van der Waals surface area contributed by atoms with Gasteiger partial charge in [0.05, 0.1) is 18.4 Å². The van der Waals surface area contributed by atoms with E-state index >= 15 is 0 Å². The number of nitrogens with one attached hydrogen (secondary N) is 1. The summed E-state index contributed by atoms with van der Waals surface area (Å²) < 4.78 is 5.95. The highest BCUT2D eigenvalue weighted by Crippen LogP contribution is 2.21. The smallest absolute Gasteiger partial charge is 0.0892 e. The Balaban J connectivity index is 1.50. The van der Waals surface area contributed by atoms with E-state index in [0.717, 1.165) is 38.3 Å². The van der Waals surface area contributed by atoms with Gasteiger partial charge in [-0.15, -0.1) is 0 Å². The quantitative estimate of drug-likeness (QED) is 0.831. The zero-order valence-corrected chi connectivity index (χ0v) is 10.0. The third kappa shape index (κ3) is 2.65. The molecule has 2 atom stereocenters. The largest absolute Gasteiger partial charge is 0.371 e. The molecule has 92 valence electrons. The van der Waals surface area contributed by atoms with Gasteiger partial charge in [0.1, 0.15) is 0 Å². The predicted molar refractivity (Wildman–Crippen MR) is 65.7 cm³/mol. The molecule has 2 fully saturated rings. The van der Waals surface area contributed by atoms with Gasteiger partial charge in [-0.25, -0.2) is 0 Å². The number of aromatic nitrogens is 1. The lowest BCUT2D eigenvalue weighted by Crippen LogP contribution is -2.47. The van der Waals surface area contributed by atoms with Crippen molar-refractivity contribution in [2.75, 3.05) is 26.2 Å². The van der Waals surface area contributed by atoms with Crippen molar-refractivity contribution in [1.29, 1.82) is 0 Å². The monoisotopic (exact) mass is 233 g/mol. The minimum atomic E-state index is 0.377. The van der Waals surface area contributed by atoms with Crippen LogP contribution in [0.2, 0.25) is 0 Å². The van der Waals surface area contributed by atoms with Crippen LogP contribution >= 0.6 is 0 Å². The van der Waals surface area contributed by atoms with Crippen LogP contribution in [-0.4, -0.2) is 48.2 Å². The molecule has 2 saturated heterocycles. The van der Waals surface area contributed by atoms with Gasteiger partial charge in [0, 0.05) is 38.4 Å². The van der Waals surface area contributed by atoms with Gasteiger partial charge < -0.3 is 10.1 Å². The normalized spacial score (nSPS) is 29.2. The first-order chi connectivity index (χ1) is 8.42. The summed E-state index contributed by atoms with van der Waals surface area (Å²) in [7, 11) is 0. The number of piperazine rings is 1. The van der Waals surface area contributed by atoms with E-state index in [1.165, 1.54) is 0 Å². The third-order valence-corrected chi connectivity index (χ3v) is 3.64. The van der Waals surface area contributed by atoms with Crippen molar-refractivity contribution in [3.05, 3.63) is 30.1 Å². The van der Waals surface area contributed by atoms with Crippen molar-refractivity contribution >= 4 is 0 Å². The van der Waals surface area contributed by atoms with Crippen LogP contribution in [0.5, 0.6) is 0 Å². The molecule has 2 aliphatic rings. The number of rotatable bonds is 3. The Kier molecular flexibility index (Phi) is 3.36. The minimum absolute atomic E-state index is 0.377. The van der Waals surface area contributed by atoms with Gasteiger partial charge in [0.2, 0.25) is 0 Å². The number of hydrogen-bond donors (Lipinski definition) is 1. The van der Waals surface area contributed by atoms with Gasteiger partial charge >= 0.3 is 0 Å². The van der Waals surface area contributed by atoms with Crippen LogP contribution in [0.4, 0.5) is 0 Å². The average Bonchev–Trinajstić information content (AvgIpc) is 2.80. The lowest BCUT2D eigenvalue weighted by Gasteiger charge is -2.29. The fourth-order valence-electron chi connectivity index (χ4n) is 2.72. The molecule has 4 heteroatoms. The summed E-state index contributed by atoms with van der Waals surface area (Å²) in [5, 5.41) is 3.44. The highest BCUT2D eigenvalue weighted by atomic mass is 16.5. The molecule has 0 radical (unpaired) electrons. The molecular weight excluding hydrogens is 214 g/mol. The average molecular weight is 233 g/mol. The number of hydrogen-bond acceptors (Lipinski definition) is 4. The van der Waals surface area contributed by atoms with E-state index in [0.29, 0.717) is 18.8 Å². The maximum Gasteiger partial charge on any atom is 0.0892 e. The summed E-state index contributed by atoms with van der Waals surface area (Å²) in [6.07, 6.45) is 3.35. The van der Waals surface area contributed by atoms with E-state index < -0.39 is 0 Å². The topological polar surface area (TPSA) is 37.4 Å². The van der Waals surface area contributed by atoms with Crippen LogP contribution in [0.3, 0.4) is 0 Å². The number of ether oxygens (including phenoxy) is 1. The molecule has 0 spiro atoms. The molecule has 0 aromatic carbocycles. The van der Waals surface area contributed by atoms with E-state index in [9.17, 15) is 0 Å². The molecule has 4 nitrogen and oxygen atoms in total. The van der Waals surface area contributed by atoms with Crippen LogP contribution < -0.4 is 5.32 Å². The van der Waals surface area contributed by atoms with Crippen LogP contribution in [0.15, 0.2) is 24.4 Å². The van der Waals surface area contributed by atoms with Crippen molar-refractivity contribution in [2.24, 2.45) is 0 Å². The van der Waals surface area contributed by atoms with Crippen LogP contribution in [-0.2, 0) is 11.3 Å². The van der Waals surface area contributed by atoms with E-state index in [1.807, 2.05) is 24.4 Å². The number of nitrogens with zero attached hydrogens (tertiary/aromatic N) is 2. The van der Waals surface area contributed by atoms with Gasteiger partial charge in [-0.1, -0.05) is 6.07 Å². The summed E-state index contributed by atoms with van der Waals surface area (Å²) in [5.41, 5.74) is 1.02. The second-order valence-electron chi connectivity index (χ2n) is 4.84. The van der Waals surface area contributed by atoms with Gasteiger partial charge in [0.15, 0.2) is 0 Å². The highest BCUT2D eigenvalue weighted by molar-refractivity contribution is 5.02. The van der Waals surface area contributed by atoms with Crippen molar-refractivity contribution in [2.45, 2.75) is 25.2 Å². The SMILES string of the molecule is c1ccc(CO[C@@H]2C[C@@H]3CNCCN3C2)nc1. The van der Waals surface area contributed by atoms with Crippen LogP contribution in [0, 0.1) is 0 Å². The van der Waals surface area contributed by atoms with Crippen LogP contribution in [0.25, 0.3) is 0 Å². The first kappa shape index (κ1) is 11.1. The Morgan fingerprint density at radius 2 is 2.47 bits per heavy atom. The molecule has 0 saturated carbocycles. The molecule has 3 heterocycles.